The molecule has 104 valence electrons. The monoisotopic (exact) mass is 253 g/mol. The molecule has 2 rings (SSSR count). The normalized spacial score (nSPS) is 24.1. The van der Waals surface area contributed by atoms with E-state index >= 15 is 0 Å². The lowest BCUT2D eigenvalue weighted by atomic mass is 9.94. The second kappa shape index (κ2) is 7.10. The second-order valence-electron chi connectivity index (χ2n) is 5.65. The van der Waals surface area contributed by atoms with Crippen LogP contribution in [0, 0.1) is 11.8 Å². The standard InChI is InChI=1S/C14H27N3O/c1-2-17-9-5-12(6-10-17)11-16-14(18)13-3-7-15-8-4-13/h12-13,15H,2-11H2,1H3,(H,16,18). The molecular weight excluding hydrogens is 226 g/mol. The molecule has 2 N–H and O–H groups in total. The van der Waals surface area contributed by atoms with Crippen LogP contribution in [0.2, 0.25) is 0 Å². The molecule has 0 spiro atoms. The molecular formula is C14H27N3O. The van der Waals surface area contributed by atoms with Crippen LogP contribution in [0.5, 0.6) is 0 Å². The van der Waals surface area contributed by atoms with Crippen LogP contribution in [-0.2, 0) is 4.79 Å². The van der Waals surface area contributed by atoms with Crippen LogP contribution < -0.4 is 10.6 Å². The molecule has 4 heteroatoms. The largest absolute Gasteiger partial charge is 0.356 e. The van der Waals surface area contributed by atoms with Crippen molar-refractivity contribution < 1.29 is 4.79 Å². The van der Waals surface area contributed by atoms with Crippen molar-refractivity contribution in [2.24, 2.45) is 11.8 Å². The van der Waals surface area contributed by atoms with Crippen LogP contribution >= 0.6 is 0 Å². The highest BCUT2D eigenvalue weighted by molar-refractivity contribution is 5.78. The fraction of sp³-hybridized carbons (Fsp3) is 0.929. The zero-order chi connectivity index (χ0) is 12.8. The molecule has 2 saturated heterocycles. The van der Waals surface area contributed by atoms with Gasteiger partial charge < -0.3 is 15.5 Å². The molecule has 0 bridgehead atoms. The molecule has 2 aliphatic heterocycles. The lowest BCUT2D eigenvalue weighted by molar-refractivity contribution is -0.126. The summed E-state index contributed by atoms with van der Waals surface area (Å²) in [6, 6.07) is 0. The summed E-state index contributed by atoms with van der Waals surface area (Å²) in [4.78, 5) is 14.5. The minimum atomic E-state index is 0.252. The number of rotatable bonds is 4. The van der Waals surface area contributed by atoms with Crippen molar-refractivity contribution in [2.45, 2.75) is 32.6 Å². The fourth-order valence-electron chi connectivity index (χ4n) is 2.98. The van der Waals surface area contributed by atoms with Crippen LogP contribution in [0.15, 0.2) is 0 Å². The van der Waals surface area contributed by atoms with Gasteiger partial charge in [0.1, 0.15) is 0 Å². The summed E-state index contributed by atoms with van der Waals surface area (Å²) in [6.07, 6.45) is 4.47. The van der Waals surface area contributed by atoms with Crippen molar-refractivity contribution in [3.63, 3.8) is 0 Å². The first-order chi connectivity index (χ1) is 8.79. The average Bonchev–Trinajstić information content (AvgIpc) is 2.46. The van der Waals surface area contributed by atoms with Gasteiger partial charge in [0.25, 0.3) is 0 Å². The molecule has 0 aromatic carbocycles. The second-order valence-corrected chi connectivity index (χ2v) is 5.65. The van der Waals surface area contributed by atoms with Gasteiger partial charge in [-0.05, 0) is 64.3 Å². The summed E-state index contributed by atoms with van der Waals surface area (Å²) in [6.45, 7) is 8.66. The van der Waals surface area contributed by atoms with E-state index in [1.165, 1.54) is 25.9 Å². The summed E-state index contributed by atoms with van der Waals surface area (Å²) in [5.74, 6) is 1.23. The molecule has 0 atom stereocenters. The highest BCUT2D eigenvalue weighted by Crippen LogP contribution is 2.17. The topological polar surface area (TPSA) is 44.4 Å². The first kappa shape index (κ1) is 13.8. The van der Waals surface area contributed by atoms with Crippen LogP contribution in [0.4, 0.5) is 0 Å². The van der Waals surface area contributed by atoms with Crippen molar-refractivity contribution >= 4 is 5.91 Å². The maximum Gasteiger partial charge on any atom is 0.223 e. The van der Waals surface area contributed by atoms with Gasteiger partial charge in [-0.3, -0.25) is 4.79 Å². The number of hydrogen-bond acceptors (Lipinski definition) is 3. The zero-order valence-electron chi connectivity index (χ0n) is 11.6. The Labute approximate surface area is 110 Å². The quantitative estimate of drug-likeness (QED) is 0.780. The molecule has 0 aromatic rings. The number of carbonyl (C=O) groups is 1. The van der Waals surface area contributed by atoms with Crippen LogP contribution in [-0.4, -0.2) is 50.1 Å². The lowest BCUT2D eigenvalue weighted by Crippen LogP contribution is -2.42. The van der Waals surface area contributed by atoms with Gasteiger partial charge in [0.05, 0.1) is 0 Å². The molecule has 0 radical (unpaired) electrons. The maximum atomic E-state index is 12.0. The van der Waals surface area contributed by atoms with Crippen molar-refractivity contribution in [1.29, 1.82) is 0 Å². The number of nitrogens with one attached hydrogen (secondary N) is 2. The summed E-state index contributed by atoms with van der Waals surface area (Å²) in [7, 11) is 0. The van der Waals surface area contributed by atoms with Gasteiger partial charge in [0.2, 0.25) is 5.91 Å². The molecule has 2 heterocycles. The maximum absolute atomic E-state index is 12.0. The predicted molar refractivity (Wildman–Crippen MR) is 73.4 cm³/mol. The molecule has 2 aliphatic rings. The molecule has 1 amide bonds. The van der Waals surface area contributed by atoms with Crippen molar-refractivity contribution in [3.05, 3.63) is 0 Å². The molecule has 0 aromatic heterocycles. The molecule has 2 fully saturated rings. The van der Waals surface area contributed by atoms with Gasteiger partial charge in [-0.1, -0.05) is 6.92 Å². The van der Waals surface area contributed by atoms with Gasteiger partial charge in [-0.2, -0.15) is 0 Å². The zero-order valence-corrected chi connectivity index (χ0v) is 11.6. The van der Waals surface area contributed by atoms with Gasteiger partial charge in [-0.25, -0.2) is 0 Å². The SMILES string of the molecule is CCN1CCC(CNC(=O)C2CCNCC2)CC1. The number of hydrogen-bond donors (Lipinski definition) is 2. The molecule has 4 nitrogen and oxygen atoms in total. The number of piperidine rings is 2. The number of likely N-dealkylation sites (tertiary alicyclic amines) is 1. The summed E-state index contributed by atoms with van der Waals surface area (Å²) < 4.78 is 0. The third kappa shape index (κ3) is 3.95. The lowest BCUT2D eigenvalue weighted by Gasteiger charge is -2.31. The number of amides is 1. The molecule has 18 heavy (non-hydrogen) atoms. The van der Waals surface area contributed by atoms with Crippen molar-refractivity contribution in [3.8, 4) is 0 Å². The number of carbonyl (C=O) groups excluding carboxylic acids is 1. The van der Waals surface area contributed by atoms with E-state index in [1.54, 1.807) is 0 Å². The van der Waals surface area contributed by atoms with Gasteiger partial charge >= 0.3 is 0 Å². The van der Waals surface area contributed by atoms with Crippen LogP contribution in [0.3, 0.4) is 0 Å². The first-order valence-electron chi connectivity index (χ1n) is 7.50. The summed E-state index contributed by atoms with van der Waals surface area (Å²) in [5.41, 5.74) is 0. The highest BCUT2D eigenvalue weighted by Gasteiger charge is 2.23. The Hall–Kier alpha value is -0.610. The van der Waals surface area contributed by atoms with Gasteiger partial charge in [0.15, 0.2) is 0 Å². The summed E-state index contributed by atoms with van der Waals surface area (Å²) >= 11 is 0. The van der Waals surface area contributed by atoms with E-state index in [9.17, 15) is 4.79 Å². The minimum absolute atomic E-state index is 0.252. The Morgan fingerprint density at radius 3 is 2.50 bits per heavy atom. The van der Waals surface area contributed by atoms with E-state index in [1.807, 2.05) is 0 Å². The third-order valence-corrected chi connectivity index (χ3v) is 4.43. The van der Waals surface area contributed by atoms with E-state index in [0.29, 0.717) is 5.92 Å². The van der Waals surface area contributed by atoms with E-state index in [-0.39, 0.29) is 11.8 Å². The van der Waals surface area contributed by atoms with E-state index in [2.05, 4.69) is 22.5 Å². The third-order valence-electron chi connectivity index (χ3n) is 4.43. The average molecular weight is 253 g/mol. The van der Waals surface area contributed by atoms with Gasteiger partial charge in [0, 0.05) is 12.5 Å². The molecule has 0 aliphatic carbocycles. The highest BCUT2D eigenvalue weighted by atomic mass is 16.1. The Morgan fingerprint density at radius 2 is 1.89 bits per heavy atom. The summed E-state index contributed by atoms with van der Waals surface area (Å²) in [5, 5.41) is 6.47. The Balaban J connectivity index is 1.63. The number of nitrogens with zero attached hydrogens (tertiary/aromatic N) is 1. The molecule has 0 saturated carbocycles. The fourth-order valence-corrected chi connectivity index (χ4v) is 2.98. The van der Waals surface area contributed by atoms with Crippen LogP contribution in [0.1, 0.15) is 32.6 Å². The Kier molecular flexibility index (Phi) is 5.45. The minimum Gasteiger partial charge on any atom is -0.356 e. The first-order valence-corrected chi connectivity index (χ1v) is 7.50. The van der Waals surface area contributed by atoms with Gasteiger partial charge in [-0.15, -0.1) is 0 Å². The van der Waals surface area contributed by atoms with E-state index in [0.717, 1.165) is 39.0 Å². The smallest absolute Gasteiger partial charge is 0.223 e. The Bertz CT molecular complexity index is 256. The molecule has 0 unspecified atom stereocenters. The van der Waals surface area contributed by atoms with Crippen LogP contribution in [0.25, 0.3) is 0 Å². The van der Waals surface area contributed by atoms with Crippen molar-refractivity contribution in [1.82, 2.24) is 15.5 Å². The van der Waals surface area contributed by atoms with Crippen molar-refractivity contribution in [2.75, 3.05) is 39.3 Å². The Morgan fingerprint density at radius 1 is 1.22 bits per heavy atom. The van der Waals surface area contributed by atoms with E-state index in [4.69, 9.17) is 0 Å². The predicted octanol–water partition coefficient (Wildman–Crippen LogP) is 0.834. The van der Waals surface area contributed by atoms with E-state index < -0.39 is 0 Å².